The van der Waals surface area contributed by atoms with Crippen LogP contribution in [0.3, 0.4) is 0 Å². The number of aliphatic carboxylic acids is 1. The van der Waals surface area contributed by atoms with Gasteiger partial charge in [-0.15, -0.1) is 0 Å². The molecule has 7 heteroatoms. The molecule has 0 aliphatic heterocycles. The van der Waals surface area contributed by atoms with Gasteiger partial charge in [0, 0.05) is 12.6 Å². The van der Waals surface area contributed by atoms with Crippen LogP contribution in [0, 0.1) is 0 Å². The van der Waals surface area contributed by atoms with Crippen LogP contribution in [0.2, 0.25) is 0 Å². The van der Waals surface area contributed by atoms with Gasteiger partial charge in [0.05, 0.1) is 12.9 Å². The van der Waals surface area contributed by atoms with E-state index >= 15 is 0 Å². The maximum absolute atomic E-state index is 12.1. The number of carbonyl (C=O) groups is 1. The van der Waals surface area contributed by atoms with Gasteiger partial charge in [0.1, 0.15) is 5.75 Å². The Labute approximate surface area is 118 Å². The third-order valence-corrected chi connectivity index (χ3v) is 5.23. The van der Waals surface area contributed by atoms with Crippen molar-refractivity contribution in [3.05, 3.63) is 29.8 Å². The molecule has 2 unspecified atom stereocenters. The van der Waals surface area contributed by atoms with E-state index in [1.54, 1.807) is 6.07 Å². The van der Waals surface area contributed by atoms with Gasteiger partial charge in [0.25, 0.3) is 0 Å². The maximum Gasteiger partial charge on any atom is 0.303 e. The lowest BCUT2D eigenvalue weighted by Crippen LogP contribution is -2.23. The average molecular weight is 301 g/mol. The van der Waals surface area contributed by atoms with Crippen molar-refractivity contribution in [3.63, 3.8) is 0 Å². The van der Waals surface area contributed by atoms with Crippen LogP contribution < -0.4 is 10.5 Å². The fourth-order valence-corrected chi connectivity index (χ4v) is 3.25. The lowest BCUT2D eigenvalue weighted by Gasteiger charge is -2.19. The predicted molar refractivity (Wildman–Crippen MR) is 76.2 cm³/mol. The van der Waals surface area contributed by atoms with E-state index in [-0.39, 0.29) is 19.0 Å². The highest BCUT2D eigenvalue weighted by molar-refractivity contribution is 7.58. The van der Waals surface area contributed by atoms with Crippen LogP contribution in [-0.4, -0.2) is 35.0 Å². The molecule has 4 N–H and O–H groups in total. The number of hydrogen-bond donors (Lipinski definition) is 3. The zero-order valence-corrected chi connectivity index (χ0v) is 12.3. The Bertz CT molecular complexity index is 505. The topological polar surface area (TPSA) is 110 Å². The highest BCUT2D eigenvalue weighted by Crippen LogP contribution is 2.46. The minimum absolute atomic E-state index is 0.00492. The molecule has 112 valence electrons. The molecular weight excluding hydrogens is 281 g/mol. The lowest BCUT2D eigenvalue weighted by molar-refractivity contribution is -0.137. The van der Waals surface area contributed by atoms with Gasteiger partial charge in [-0.1, -0.05) is 18.2 Å². The minimum atomic E-state index is -3.58. The van der Waals surface area contributed by atoms with Crippen molar-refractivity contribution in [2.45, 2.75) is 25.0 Å². The Morgan fingerprint density at radius 3 is 2.70 bits per heavy atom. The number of carboxylic acid groups (broad SMARTS) is 1. The third-order valence-electron chi connectivity index (χ3n) is 3.07. The fraction of sp³-hybridized carbons (Fsp3) is 0.462. The van der Waals surface area contributed by atoms with Crippen molar-refractivity contribution < 1.29 is 24.1 Å². The molecule has 0 aliphatic rings. The summed E-state index contributed by atoms with van der Waals surface area (Å²) >= 11 is 0. The van der Waals surface area contributed by atoms with Crippen LogP contribution in [0.5, 0.6) is 5.75 Å². The number of benzene rings is 1. The van der Waals surface area contributed by atoms with Crippen molar-refractivity contribution in [1.82, 2.24) is 0 Å². The second-order valence-corrected chi connectivity index (χ2v) is 7.16. The van der Waals surface area contributed by atoms with Crippen LogP contribution in [0.1, 0.15) is 18.4 Å². The molecule has 0 aromatic heterocycles. The van der Waals surface area contributed by atoms with Gasteiger partial charge in [-0.3, -0.25) is 9.36 Å². The maximum atomic E-state index is 12.1. The van der Waals surface area contributed by atoms with Gasteiger partial charge in [0.15, 0.2) is 0 Å². The first kappa shape index (κ1) is 16.7. The first-order valence-electron chi connectivity index (χ1n) is 6.27. The normalized spacial score (nSPS) is 15.3. The SMILES string of the molecule is COc1ccccc1CCP(=O)(O)C(N)CCC(=O)O. The van der Waals surface area contributed by atoms with E-state index in [0.29, 0.717) is 12.2 Å². The lowest BCUT2D eigenvalue weighted by atomic mass is 10.1. The minimum Gasteiger partial charge on any atom is -0.496 e. The monoisotopic (exact) mass is 301 g/mol. The average Bonchev–Trinajstić information content (AvgIpc) is 2.42. The second kappa shape index (κ2) is 7.43. The summed E-state index contributed by atoms with van der Waals surface area (Å²) < 4.78 is 17.3. The zero-order chi connectivity index (χ0) is 15.2. The highest BCUT2D eigenvalue weighted by Gasteiger charge is 2.27. The van der Waals surface area contributed by atoms with Gasteiger partial charge in [0.2, 0.25) is 7.37 Å². The van der Waals surface area contributed by atoms with E-state index in [2.05, 4.69) is 0 Å². The highest BCUT2D eigenvalue weighted by atomic mass is 31.2. The molecule has 0 saturated heterocycles. The van der Waals surface area contributed by atoms with Gasteiger partial charge in [-0.05, 0) is 24.5 Å². The Balaban J connectivity index is 2.62. The molecule has 1 rings (SSSR count). The molecule has 0 saturated carbocycles. The van der Waals surface area contributed by atoms with Crippen LogP contribution in [-0.2, 0) is 15.8 Å². The summed E-state index contributed by atoms with van der Waals surface area (Å²) in [5.41, 5.74) is 6.46. The largest absolute Gasteiger partial charge is 0.496 e. The van der Waals surface area contributed by atoms with E-state index in [4.69, 9.17) is 15.6 Å². The summed E-state index contributed by atoms with van der Waals surface area (Å²) in [5, 5.41) is 8.56. The van der Waals surface area contributed by atoms with E-state index in [1.165, 1.54) is 7.11 Å². The van der Waals surface area contributed by atoms with Gasteiger partial charge in [-0.2, -0.15) is 0 Å². The van der Waals surface area contributed by atoms with Gasteiger partial charge >= 0.3 is 5.97 Å². The van der Waals surface area contributed by atoms with Crippen LogP contribution in [0.25, 0.3) is 0 Å². The standard InChI is InChI=1S/C13H20NO5P/c1-19-11-5-3-2-4-10(11)8-9-20(17,18)12(14)6-7-13(15)16/h2-5,12H,6-9,14H2,1H3,(H,15,16)(H,17,18). The van der Waals surface area contributed by atoms with E-state index in [0.717, 1.165) is 5.56 Å². The molecule has 0 heterocycles. The Morgan fingerprint density at radius 2 is 2.10 bits per heavy atom. The first-order chi connectivity index (χ1) is 9.36. The smallest absolute Gasteiger partial charge is 0.303 e. The van der Waals surface area contributed by atoms with Crippen molar-refractivity contribution in [1.29, 1.82) is 0 Å². The van der Waals surface area contributed by atoms with E-state index in [1.807, 2.05) is 18.2 Å². The molecule has 0 radical (unpaired) electrons. The summed E-state index contributed by atoms with van der Waals surface area (Å²) in [6.45, 7) is 0. The number of carboxylic acids is 1. The molecule has 1 aromatic carbocycles. The third kappa shape index (κ3) is 4.96. The van der Waals surface area contributed by atoms with Crippen LogP contribution >= 0.6 is 7.37 Å². The summed E-state index contributed by atoms with van der Waals surface area (Å²) in [4.78, 5) is 20.4. The number of ether oxygens (including phenoxy) is 1. The number of para-hydroxylation sites is 1. The number of aryl methyl sites for hydroxylation is 1. The van der Waals surface area contributed by atoms with E-state index < -0.39 is 19.1 Å². The van der Waals surface area contributed by atoms with E-state index in [9.17, 15) is 14.3 Å². The molecule has 0 fully saturated rings. The van der Waals surface area contributed by atoms with Crippen LogP contribution in [0.15, 0.2) is 24.3 Å². The molecule has 20 heavy (non-hydrogen) atoms. The molecule has 2 atom stereocenters. The molecule has 6 nitrogen and oxygen atoms in total. The molecular formula is C13H20NO5P. The molecule has 0 spiro atoms. The Hall–Kier alpha value is -1.36. The molecule has 1 aromatic rings. The van der Waals surface area contributed by atoms with Crippen molar-refractivity contribution in [2.24, 2.45) is 5.73 Å². The van der Waals surface area contributed by atoms with Crippen LogP contribution in [0.4, 0.5) is 0 Å². The number of nitrogens with two attached hydrogens (primary N) is 1. The predicted octanol–water partition coefficient (Wildman–Crippen LogP) is 1.66. The van der Waals surface area contributed by atoms with Gasteiger partial charge in [-0.25, -0.2) is 0 Å². The zero-order valence-electron chi connectivity index (χ0n) is 11.4. The number of rotatable bonds is 8. The second-order valence-electron chi connectivity index (χ2n) is 4.54. The van der Waals surface area contributed by atoms with Gasteiger partial charge < -0.3 is 20.5 Å². The molecule has 0 aliphatic carbocycles. The summed E-state index contributed by atoms with van der Waals surface area (Å²) in [7, 11) is -2.04. The number of methoxy groups -OCH3 is 1. The summed E-state index contributed by atoms with van der Waals surface area (Å²) in [6.07, 6.45) is 0.155. The number of hydrogen-bond acceptors (Lipinski definition) is 4. The fourth-order valence-electron chi connectivity index (χ4n) is 1.83. The Kier molecular flexibility index (Phi) is 6.20. The van der Waals surface area contributed by atoms with Crippen molar-refractivity contribution >= 4 is 13.3 Å². The van der Waals surface area contributed by atoms with Crippen molar-refractivity contribution in [3.8, 4) is 5.75 Å². The Morgan fingerprint density at radius 1 is 1.45 bits per heavy atom. The molecule has 0 bridgehead atoms. The van der Waals surface area contributed by atoms with Crippen molar-refractivity contribution in [2.75, 3.05) is 13.3 Å². The first-order valence-corrected chi connectivity index (χ1v) is 8.19. The molecule has 0 amide bonds. The summed E-state index contributed by atoms with van der Waals surface area (Å²) in [5.74, 6) is -1.37. The summed E-state index contributed by atoms with van der Waals surface area (Å²) in [6, 6.07) is 7.24. The quantitative estimate of drug-likeness (QED) is 0.630.